The van der Waals surface area contributed by atoms with Crippen LogP contribution in [0.4, 0.5) is 4.39 Å². The smallest absolute Gasteiger partial charge is 0.191 e. The first-order valence-electron chi connectivity index (χ1n) is 10.7. The molecule has 0 saturated carbocycles. The minimum absolute atomic E-state index is 0.0795. The van der Waals surface area contributed by atoms with Crippen LogP contribution in [-0.4, -0.2) is 57.9 Å². The third-order valence-electron chi connectivity index (χ3n) is 5.72. The molecule has 1 aliphatic heterocycles. The lowest BCUT2D eigenvalue weighted by Gasteiger charge is -2.35. The van der Waals surface area contributed by atoms with Crippen LogP contribution in [0.15, 0.2) is 47.5 Å². The van der Waals surface area contributed by atoms with Gasteiger partial charge < -0.3 is 20.1 Å². The van der Waals surface area contributed by atoms with Crippen molar-refractivity contribution < 1.29 is 13.9 Å². The number of halogens is 1. The van der Waals surface area contributed by atoms with E-state index in [-0.39, 0.29) is 17.9 Å². The fourth-order valence-corrected chi connectivity index (χ4v) is 3.73. The molecular weight excluding hydrogens is 395 g/mol. The highest BCUT2D eigenvalue weighted by Crippen LogP contribution is 2.24. The topological polar surface area (TPSA) is 58.1 Å². The highest BCUT2D eigenvalue weighted by molar-refractivity contribution is 5.80. The first-order valence-corrected chi connectivity index (χ1v) is 10.7. The van der Waals surface area contributed by atoms with Crippen molar-refractivity contribution in [3.8, 4) is 5.75 Å². The Balaban J connectivity index is 1.68. The summed E-state index contributed by atoms with van der Waals surface area (Å²) in [6.07, 6.45) is 0. The molecule has 2 aromatic carbocycles. The van der Waals surface area contributed by atoms with Gasteiger partial charge in [0, 0.05) is 26.7 Å². The fraction of sp³-hybridized carbons (Fsp3) is 0.458. The molecule has 2 unspecified atom stereocenters. The predicted octanol–water partition coefficient (Wildman–Crippen LogP) is 3.44. The Morgan fingerprint density at radius 2 is 1.84 bits per heavy atom. The third kappa shape index (κ3) is 6.18. The van der Waals surface area contributed by atoms with Crippen molar-refractivity contribution in [2.75, 3.05) is 47.0 Å². The summed E-state index contributed by atoms with van der Waals surface area (Å²) in [6.45, 7) is 7.67. The van der Waals surface area contributed by atoms with Crippen molar-refractivity contribution in [2.24, 2.45) is 4.99 Å². The van der Waals surface area contributed by atoms with E-state index in [1.54, 1.807) is 33.2 Å². The summed E-state index contributed by atoms with van der Waals surface area (Å²) in [6, 6.07) is 13.6. The molecule has 0 radical (unpaired) electrons. The zero-order chi connectivity index (χ0) is 22.2. The molecule has 0 amide bonds. The molecule has 6 nitrogen and oxygen atoms in total. The maximum absolute atomic E-state index is 14.0. The highest BCUT2D eigenvalue weighted by Gasteiger charge is 2.23. The second-order valence-corrected chi connectivity index (χ2v) is 7.77. The average Bonchev–Trinajstić information content (AvgIpc) is 2.81. The maximum Gasteiger partial charge on any atom is 0.191 e. The molecule has 1 aliphatic rings. The number of methoxy groups -OCH3 is 1. The van der Waals surface area contributed by atoms with Gasteiger partial charge in [0.25, 0.3) is 0 Å². The molecule has 1 heterocycles. The zero-order valence-electron chi connectivity index (χ0n) is 18.8. The Morgan fingerprint density at radius 3 is 2.45 bits per heavy atom. The monoisotopic (exact) mass is 428 g/mol. The maximum atomic E-state index is 14.0. The van der Waals surface area contributed by atoms with E-state index in [0.29, 0.717) is 18.1 Å². The van der Waals surface area contributed by atoms with Crippen LogP contribution in [0.5, 0.6) is 5.75 Å². The summed E-state index contributed by atoms with van der Waals surface area (Å²) >= 11 is 0. The molecule has 0 aliphatic carbocycles. The molecule has 168 valence electrons. The van der Waals surface area contributed by atoms with Crippen LogP contribution in [0.3, 0.4) is 0 Å². The van der Waals surface area contributed by atoms with E-state index in [4.69, 9.17) is 9.47 Å². The van der Waals surface area contributed by atoms with Gasteiger partial charge in [0.1, 0.15) is 11.6 Å². The van der Waals surface area contributed by atoms with E-state index < -0.39 is 0 Å². The first-order chi connectivity index (χ1) is 15.0. The minimum Gasteiger partial charge on any atom is -0.497 e. The van der Waals surface area contributed by atoms with Gasteiger partial charge in [-0.1, -0.05) is 24.3 Å². The molecule has 2 N–H and O–H groups in total. The molecular formula is C24H33FN4O2. The lowest BCUT2D eigenvalue weighted by atomic mass is 10.0. The molecule has 7 heteroatoms. The Morgan fingerprint density at radius 1 is 1.16 bits per heavy atom. The number of rotatable bonds is 7. The lowest BCUT2D eigenvalue weighted by molar-refractivity contribution is 0.0170. The van der Waals surface area contributed by atoms with Gasteiger partial charge in [0.2, 0.25) is 0 Å². The Bertz CT molecular complexity index is 866. The molecule has 0 spiro atoms. The van der Waals surface area contributed by atoms with E-state index in [9.17, 15) is 4.39 Å². The van der Waals surface area contributed by atoms with Crippen molar-refractivity contribution in [1.29, 1.82) is 0 Å². The number of hydrogen-bond donors (Lipinski definition) is 2. The molecule has 3 rings (SSSR count). The quantitative estimate of drug-likeness (QED) is 0.523. The Kier molecular flexibility index (Phi) is 8.26. The van der Waals surface area contributed by atoms with Crippen molar-refractivity contribution in [3.63, 3.8) is 0 Å². The van der Waals surface area contributed by atoms with Crippen LogP contribution >= 0.6 is 0 Å². The number of hydrogen-bond acceptors (Lipinski definition) is 4. The van der Waals surface area contributed by atoms with Gasteiger partial charge in [-0.15, -0.1) is 0 Å². The van der Waals surface area contributed by atoms with E-state index in [2.05, 4.69) is 32.7 Å². The number of aliphatic imine (C=N–C) groups is 1. The van der Waals surface area contributed by atoms with Crippen LogP contribution < -0.4 is 15.4 Å². The lowest BCUT2D eigenvalue weighted by Crippen LogP contribution is -2.46. The van der Waals surface area contributed by atoms with E-state index in [1.807, 2.05) is 25.1 Å². The third-order valence-corrected chi connectivity index (χ3v) is 5.72. The van der Waals surface area contributed by atoms with Gasteiger partial charge in [0.15, 0.2) is 5.96 Å². The number of aryl methyl sites for hydroxylation is 1. The van der Waals surface area contributed by atoms with Crippen LogP contribution in [-0.2, 0) is 4.74 Å². The summed E-state index contributed by atoms with van der Waals surface area (Å²) in [5, 5.41) is 6.82. The molecule has 2 aromatic rings. The molecule has 1 fully saturated rings. The van der Waals surface area contributed by atoms with Gasteiger partial charge in [0.05, 0.1) is 32.4 Å². The molecule has 1 saturated heterocycles. The van der Waals surface area contributed by atoms with Gasteiger partial charge in [-0.3, -0.25) is 9.89 Å². The van der Waals surface area contributed by atoms with Crippen molar-refractivity contribution in [3.05, 3.63) is 65.0 Å². The van der Waals surface area contributed by atoms with Gasteiger partial charge in [-0.05, 0) is 48.7 Å². The van der Waals surface area contributed by atoms with Crippen molar-refractivity contribution in [2.45, 2.75) is 25.9 Å². The van der Waals surface area contributed by atoms with Gasteiger partial charge in [-0.2, -0.15) is 0 Å². The molecule has 31 heavy (non-hydrogen) atoms. The normalized spacial score (nSPS) is 17.1. The second-order valence-electron chi connectivity index (χ2n) is 7.77. The summed E-state index contributed by atoms with van der Waals surface area (Å²) in [4.78, 5) is 6.79. The second kappa shape index (κ2) is 11.1. The van der Waals surface area contributed by atoms with Gasteiger partial charge in [-0.25, -0.2) is 4.39 Å². The van der Waals surface area contributed by atoms with Gasteiger partial charge >= 0.3 is 0 Å². The van der Waals surface area contributed by atoms with Crippen LogP contribution in [0, 0.1) is 12.7 Å². The number of morpholine rings is 1. The number of ether oxygens (including phenoxy) is 2. The van der Waals surface area contributed by atoms with Crippen LogP contribution in [0.2, 0.25) is 0 Å². The number of nitrogens with one attached hydrogen (secondary N) is 2. The summed E-state index contributed by atoms with van der Waals surface area (Å²) in [7, 11) is 3.42. The summed E-state index contributed by atoms with van der Waals surface area (Å²) in [5.74, 6) is 1.33. The van der Waals surface area contributed by atoms with E-state index in [0.717, 1.165) is 37.6 Å². The first kappa shape index (κ1) is 23.0. The van der Waals surface area contributed by atoms with Crippen LogP contribution in [0.1, 0.15) is 35.7 Å². The predicted molar refractivity (Wildman–Crippen MR) is 122 cm³/mol. The Labute approximate surface area is 184 Å². The number of nitrogens with zero attached hydrogens (tertiary/aromatic N) is 2. The van der Waals surface area contributed by atoms with Crippen LogP contribution in [0.25, 0.3) is 0 Å². The standard InChI is InChI=1S/C24H33FN4O2/c1-17-5-6-20(15-22(17)25)18(2)28-24(26-3)27-16-23(29-11-13-31-14-12-29)19-7-9-21(30-4)10-8-19/h5-10,15,18,23H,11-14,16H2,1-4H3,(H2,26,27,28). The Hall–Kier alpha value is -2.64. The molecule has 0 aromatic heterocycles. The molecule has 2 atom stereocenters. The molecule has 0 bridgehead atoms. The minimum atomic E-state index is -0.194. The summed E-state index contributed by atoms with van der Waals surface area (Å²) < 4.78 is 24.8. The fourth-order valence-electron chi connectivity index (χ4n) is 3.73. The largest absolute Gasteiger partial charge is 0.497 e. The van der Waals surface area contributed by atoms with Crippen molar-refractivity contribution >= 4 is 5.96 Å². The van der Waals surface area contributed by atoms with Crippen molar-refractivity contribution in [1.82, 2.24) is 15.5 Å². The summed E-state index contributed by atoms with van der Waals surface area (Å²) in [5.41, 5.74) is 2.73. The number of guanidine groups is 1. The van der Waals surface area contributed by atoms with E-state index in [1.165, 1.54) is 5.56 Å². The van der Waals surface area contributed by atoms with E-state index >= 15 is 0 Å². The highest BCUT2D eigenvalue weighted by atomic mass is 19.1. The zero-order valence-corrected chi connectivity index (χ0v) is 18.8. The average molecular weight is 429 g/mol. The SMILES string of the molecule is CN=C(NCC(c1ccc(OC)cc1)N1CCOCC1)NC(C)c1ccc(C)c(F)c1. The number of benzene rings is 2.